The fraction of sp³-hybridized carbons (Fsp3) is 0.440. The van der Waals surface area contributed by atoms with Gasteiger partial charge in [0.25, 0.3) is 0 Å². The molecule has 0 saturated carbocycles. The van der Waals surface area contributed by atoms with Crippen LogP contribution < -0.4 is 30.4 Å². The molecule has 0 aliphatic rings. The Morgan fingerprint density at radius 3 is 1.23 bits per heavy atom. The van der Waals surface area contributed by atoms with Gasteiger partial charge in [-0.2, -0.15) is 0 Å². The Balaban J connectivity index is 0.000000355. The van der Waals surface area contributed by atoms with Crippen molar-refractivity contribution >= 4 is 105 Å². The number of aromatic hydroxyl groups is 1. The van der Waals surface area contributed by atoms with E-state index in [0.717, 1.165) is 75.5 Å². The minimum Gasteiger partial charge on any atom is -0.508 e. The lowest BCUT2D eigenvalue weighted by atomic mass is 9.91. The zero-order valence-electron chi connectivity index (χ0n) is 69.3. The Kier molecular flexibility index (Phi) is 45.2. The molecule has 22 heteroatoms. The largest absolute Gasteiger partial charge is 0.508 e. The maximum atomic E-state index is 12.6. The monoisotopic (exact) mass is 1590 g/mol. The van der Waals surface area contributed by atoms with E-state index in [0.29, 0.717) is 88.7 Å². The summed E-state index contributed by atoms with van der Waals surface area (Å²) in [6.45, 7) is 33.7. The van der Waals surface area contributed by atoms with Crippen molar-refractivity contribution < 1.29 is 81.3 Å². The van der Waals surface area contributed by atoms with Gasteiger partial charge in [-0.05, 0) is 188 Å². The molecule has 0 spiro atoms. The van der Waals surface area contributed by atoms with Crippen molar-refractivity contribution in [3.8, 4) is 23.0 Å². The summed E-state index contributed by atoms with van der Waals surface area (Å²) in [6.07, 6.45) is 6.70. The molecular weight excluding hydrogens is 1480 g/mol. The van der Waals surface area contributed by atoms with E-state index in [4.69, 9.17) is 47.7 Å². The van der Waals surface area contributed by atoms with E-state index in [-0.39, 0.29) is 101 Å². The normalized spacial score (nSPS) is 12.1. The Bertz CT molecular complexity index is 4440. The summed E-state index contributed by atoms with van der Waals surface area (Å²) in [6, 6.07) is 49.7. The first-order valence-electron chi connectivity index (χ1n) is 38.7. The van der Waals surface area contributed by atoms with Gasteiger partial charge in [0.2, 0.25) is 6.41 Å². The smallest absolute Gasteiger partial charge is 0.314 e. The number of phenolic OH excluding ortho intramolecular Hbond substituents is 1. The average molecular weight is 1600 g/mol. The van der Waals surface area contributed by atoms with Crippen LogP contribution in [0.25, 0.3) is 40.3 Å². The second-order valence-electron chi connectivity index (χ2n) is 28.0. The zero-order valence-corrected chi connectivity index (χ0v) is 70.9. The van der Waals surface area contributed by atoms with Gasteiger partial charge in [0.1, 0.15) is 62.6 Å². The molecule has 5 unspecified atom stereocenters. The number of carbonyl (C=O) groups excluding carboxylic acids is 7. The number of fused-ring (bicyclic) bond motifs is 4. The Morgan fingerprint density at radius 2 is 0.814 bits per heavy atom. The number of phenols is 1. The first-order chi connectivity index (χ1) is 53.9. The Morgan fingerprint density at radius 1 is 0.425 bits per heavy atom. The highest BCUT2D eigenvalue weighted by molar-refractivity contribution is 7.25. The molecule has 7 aromatic carbocycles. The van der Waals surface area contributed by atoms with Crippen LogP contribution >= 0.6 is 22.7 Å². The third-order valence-corrected chi connectivity index (χ3v) is 21.0. The first kappa shape index (κ1) is 97.3. The van der Waals surface area contributed by atoms with Crippen LogP contribution in [0.5, 0.6) is 23.0 Å². The van der Waals surface area contributed by atoms with Crippen LogP contribution in [-0.4, -0.2) is 120 Å². The lowest BCUT2D eigenvalue weighted by Gasteiger charge is -2.19. The number of ether oxygens (including phenoxy) is 9. The molecule has 0 radical (unpaired) electrons. The molecule has 20 nitrogen and oxygen atoms in total. The van der Waals surface area contributed by atoms with Gasteiger partial charge < -0.3 is 53.1 Å². The highest BCUT2D eigenvalue weighted by Gasteiger charge is 2.28. The summed E-state index contributed by atoms with van der Waals surface area (Å²) in [5.41, 5.74) is 1.82. The van der Waals surface area contributed by atoms with E-state index in [2.05, 4.69) is 19.2 Å². The van der Waals surface area contributed by atoms with Crippen LogP contribution in [-0.2, 0) is 57.2 Å². The topological polar surface area (TPSA) is 269 Å². The molecule has 0 bridgehead atoms. The fourth-order valence-electron chi connectivity index (χ4n) is 9.17. The van der Waals surface area contributed by atoms with Crippen molar-refractivity contribution in [2.24, 2.45) is 28.6 Å². The van der Waals surface area contributed by atoms with Gasteiger partial charge in [-0.1, -0.05) is 143 Å². The molecule has 5 atom stereocenters. The van der Waals surface area contributed by atoms with Crippen LogP contribution in [0, 0.1) is 28.6 Å². The second kappa shape index (κ2) is 52.4. The van der Waals surface area contributed by atoms with Gasteiger partial charge in [0.05, 0.1) is 41.8 Å². The van der Waals surface area contributed by atoms with Gasteiger partial charge >= 0.3 is 29.8 Å². The quantitative estimate of drug-likeness (QED) is 0.00754. The van der Waals surface area contributed by atoms with Crippen molar-refractivity contribution in [1.82, 2.24) is 5.32 Å². The maximum Gasteiger partial charge on any atom is 0.314 e. The number of methoxy groups -OCH3 is 2. The molecule has 0 saturated heterocycles. The molecule has 2 N–H and O–H groups in total. The Hall–Kier alpha value is -9.87. The molecule has 614 valence electrons. The third kappa shape index (κ3) is 34.2. The van der Waals surface area contributed by atoms with E-state index in [1.807, 2.05) is 194 Å². The highest BCUT2D eigenvalue weighted by Crippen LogP contribution is 2.30. The third-order valence-electron chi connectivity index (χ3n) is 18.7. The lowest BCUT2D eigenvalue weighted by Crippen LogP contribution is -2.26. The summed E-state index contributed by atoms with van der Waals surface area (Å²) >= 11 is 3.15. The van der Waals surface area contributed by atoms with E-state index < -0.39 is 0 Å². The van der Waals surface area contributed by atoms with Crippen LogP contribution in [0.3, 0.4) is 0 Å². The highest BCUT2D eigenvalue weighted by atomic mass is 32.1. The fourth-order valence-corrected chi connectivity index (χ4v) is 11.3. The number of carbonyl (C=O) groups is 7. The molecule has 2 heterocycles. The van der Waals surface area contributed by atoms with Crippen molar-refractivity contribution in [2.45, 2.75) is 168 Å². The number of benzene rings is 7. The van der Waals surface area contributed by atoms with Crippen LogP contribution in [0.2, 0.25) is 0 Å². The summed E-state index contributed by atoms with van der Waals surface area (Å²) in [7, 11) is 3.16. The SMILES string of the molecule is CCC(C)(C)C(=O)OCCOC.CCC(C)(C)C(=O)OCCOC.CCC(C)C(=O)OCCOc1ccc(C(=O)c2ccccc2)cc1.CCC(C)C(=O)OCCOc1ccc2sc3ccccc3c(=O)c2c1.CCC(C)C(=O)Oc1ccc2sc3ccccc3c(=O)c2c1.CCC(C)NC=O.CCC(C)c1ccc(O)cc1. The lowest BCUT2D eigenvalue weighted by molar-refractivity contribution is -0.156. The predicted octanol–water partition coefficient (Wildman–Crippen LogP) is 19.3. The maximum absolute atomic E-state index is 12.6. The Labute approximate surface area is 675 Å². The number of ketones is 1. The standard InChI is InChI=1S/C20H20O4S.C20H22O4.C18H16O3S.C10H14O.2C9H18O3.C5H11NO/c1-3-13(2)20(22)24-11-10-23-14-8-9-18-16(12-14)19(21)15-6-4-5-7-17(15)25-18;1-3-15(2)20(22)24-14-13-23-18-11-9-17(10-12-18)19(21)16-7-5-4-6-8-16;1-3-11(2)18(20)21-12-8-9-16-14(10-12)17(19)13-6-4-5-7-15(13)22-16;1-3-8(2)9-4-6-10(11)7-5-9;2*1-5-9(2,3)8(10)12-7-6-11-4;1-3-5(2)6-4-7/h4-9,12-13H,3,10-11H2,1-2H3;4-12,15H,3,13-14H2,1-2H3;4-11H,3H2,1-2H3;4-8,11H,3H2,1-2H3;2*5-7H2,1-4H3;4-5H,3H2,1-2H3,(H,6,7). The van der Waals surface area contributed by atoms with E-state index in [9.17, 15) is 43.2 Å². The summed E-state index contributed by atoms with van der Waals surface area (Å²) < 4.78 is 50.0. The molecule has 113 heavy (non-hydrogen) atoms. The molecule has 0 fully saturated rings. The molecule has 9 aromatic rings. The number of amides is 1. The molecule has 0 aliphatic heterocycles. The molecule has 2 aromatic heterocycles. The average Bonchev–Trinajstić information content (AvgIpc) is 0.783. The number of hydrogen-bond donors (Lipinski definition) is 2. The summed E-state index contributed by atoms with van der Waals surface area (Å²) in [5.74, 6) is 1.27. The zero-order chi connectivity index (χ0) is 84.1. The van der Waals surface area contributed by atoms with E-state index in [1.165, 1.54) is 5.56 Å². The van der Waals surface area contributed by atoms with Gasteiger partial charge in [0.15, 0.2) is 16.6 Å². The number of hydrogen-bond acceptors (Lipinski definition) is 21. The van der Waals surface area contributed by atoms with Crippen LogP contribution in [0.15, 0.2) is 173 Å². The van der Waals surface area contributed by atoms with Crippen molar-refractivity contribution in [3.05, 3.63) is 201 Å². The second-order valence-corrected chi connectivity index (χ2v) is 30.2. The van der Waals surface area contributed by atoms with Gasteiger partial charge in [0, 0.05) is 71.7 Å². The number of esters is 5. The summed E-state index contributed by atoms with van der Waals surface area (Å²) in [5, 5.41) is 14.3. The van der Waals surface area contributed by atoms with E-state index in [1.54, 1.807) is 104 Å². The van der Waals surface area contributed by atoms with Crippen molar-refractivity contribution in [1.29, 1.82) is 0 Å². The van der Waals surface area contributed by atoms with Gasteiger partial charge in [-0.3, -0.25) is 43.2 Å². The summed E-state index contributed by atoms with van der Waals surface area (Å²) in [4.78, 5) is 105. The molecule has 0 aliphatic carbocycles. The first-order valence-corrected chi connectivity index (χ1v) is 40.3. The van der Waals surface area contributed by atoms with E-state index >= 15 is 0 Å². The van der Waals surface area contributed by atoms with Crippen LogP contribution in [0.4, 0.5) is 0 Å². The minimum atomic E-state index is -0.367. The van der Waals surface area contributed by atoms with Crippen molar-refractivity contribution in [2.75, 3.05) is 67.1 Å². The van der Waals surface area contributed by atoms with Crippen LogP contribution in [0.1, 0.15) is 183 Å². The predicted molar refractivity (Wildman–Crippen MR) is 454 cm³/mol. The molecular formula is C91H119NO19S2. The van der Waals surface area contributed by atoms with Crippen molar-refractivity contribution in [3.63, 3.8) is 0 Å². The van der Waals surface area contributed by atoms with Gasteiger partial charge in [-0.15, -0.1) is 22.7 Å². The number of rotatable bonds is 32. The van der Waals surface area contributed by atoms with Gasteiger partial charge in [-0.25, -0.2) is 0 Å². The minimum absolute atomic E-state index is 0.0120. The number of nitrogens with one attached hydrogen (secondary N) is 1. The molecule has 9 rings (SSSR count). The molecule has 1 amide bonds.